The van der Waals surface area contributed by atoms with Gasteiger partial charge in [-0.3, -0.25) is 4.79 Å². The maximum Gasteiger partial charge on any atom is 0.255 e. The summed E-state index contributed by atoms with van der Waals surface area (Å²) in [4.78, 5) is 14.2. The molecule has 0 N–H and O–H groups in total. The summed E-state index contributed by atoms with van der Waals surface area (Å²) in [6, 6.07) is 17.5. The third kappa shape index (κ3) is 2.41. The molecule has 0 bridgehead atoms. The Morgan fingerprint density at radius 3 is 2.67 bits per heavy atom. The van der Waals surface area contributed by atoms with Crippen molar-refractivity contribution in [2.45, 2.75) is 19.4 Å². The minimum Gasteiger partial charge on any atom is -0.318 e. The number of amides is 1. The molecule has 1 amide bonds. The highest BCUT2D eigenvalue weighted by atomic mass is 16.2. The number of rotatable bonds is 3. The monoisotopic (exact) mass is 276 g/mol. The first-order valence-corrected chi connectivity index (χ1v) is 7.06. The molecule has 0 aromatic heterocycles. The van der Waals surface area contributed by atoms with Crippen LogP contribution in [0.1, 0.15) is 33.1 Å². The van der Waals surface area contributed by atoms with E-state index in [-0.39, 0.29) is 5.91 Å². The predicted octanol–water partition coefficient (Wildman–Crippen LogP) is 3.26. The topological polar surface area (TPSA) is 44.1 Å². The van der Waals surface area contributed by atoms with Gasteiger partial charge >= 0.3 is 0 Å². The smallest absolute Gasteiger partial charge is 0.255 e. The lowest BCUT2D eigenvalue weighted by Crippen LogP contribution is -2.29. The lowest BCUT2D eigenvalue weighted by Gasteiger charge is -2.20. The fourth-order valence-corrected chi connectivity index (χ4v) is 2.81. The van der Waals surface area contributed by atoms with E-state index in [1.807, 2.05) is 55.5 Å². The van der Waals surface area contributed by atoms with Crippen molar-refractivity contribution in [1.82, 2.24) is 4.90 Å². The molecule has 0 saturated carbocycles. The Labute approximate surface area is 124 Å². The van der Waals surface area contributed by atoms with Crippen LogP contribution in [0.2, 0.25) is 0 Å². The van der Waals surface area contributed by atoms with Gasteiger partial charge in [-0.15, -0.1) is 0 Å². The summed E-state index contributed by atoms with van der Waals surface area (Å²) < 4.78 is 0. The predicted molar refractivity (Wildman–Crippen MR) is 80.7 cm³/mol. The van der Waals surface area contributed by atoms with Crippen molar-refractivity contribution < 1.29 is 4.79 Å². The second-order valence-corrected chi connectivity index (χ2v) is 5.36. The molecule has 2 aromatic carbocycles. The van der Waals surface area contributed by atoms with Crippen LogP contribution in [-0.4, -0.2) is 17.4 Å². The van der Waals surface area contributed by atoms with Crippen molar-refractivity contribution in [2.75, 3.05) is 6.54 Å². The molecular weight excluding hydrogens is 260 g/mol. The summed E-state index contributed by atoms with van der Waals surface area (Å²) in [5, 5.41) is 9.45. The molecule has 104 valence electrons. The van der Waals surface area contributed by atoms with E-state index in [0.717, 1.165) is 17.5 Å². The summed E-state index contributed by atoms with van der Waals surface area (Å²) >= 11 is 0. The Morgan fingerprint density at radius 1 is 1.19 bits per heavy atom. The summed E-state index contributed by atoms with van der Waals surface area (Å²) in [5.74, 6) is -0.0347. The minimum atomic E-state index is -0.462. The highest BCUT2D eigenvalue weighted by Gasteiger charge is 2.36. The van der Waals surface area contributed by atoms with E-state index in [4.69, 9.17) is 0 Å². The molecule has 1 aliphatic heterocycles. The third-order valence-corrected chi connectivity index (χ3v) is 3.91. The first-order chi connectivity index (χ1) is 10.2. The Kier molecular flexibility index (Phi) is 3.45. The number of hydrogen-bond acceptors (Lipinski definition) is 2. The fraction of sp³-hybridized carbons (Fsp3) is 0.222. The Balaban J connectivity index is 1.84. The SMILES string of the molecule is Cc1ccc2c(c1)C(C#N)N(CCc1ccccc1)C2=O. The second kappa shape index (κ2) is 5.41. The zero-order chi connectivity index (χ0) is 14.8. The normalized spacial score (nSPS) is 16.7. The molecule has 21 heavy (non-hydrogen) atoms. The molecule has 2 aromatic rings. The summed E-state index contributed by atoms with van der Waals surface area (Å²) in [7, 11) is 0. The number of nitrogens with zero attached hydrogens (tertiary/aromatic N) is 2. The van der Waals surface area contributed by atoms with Crippen LogP contribution in [0.4, 0.5) is 0 Å². The van der Waals surface area contributed by atoms with E-state index < -0.39 is 6.04 Å². The number of hydrogen-bond donors (Lipinski definition) is 0. The van der Waals surface area contributed by atoms with Crippen LogP contribution in [0.3, 0.4) is 0 Å². The molecule has 1 aliphatic rings. The molecule has 3 nitrogen and oxygen atoms in total. The molecule has 1 heterocycles. The van der Waals surface area contributed by atoms with Gasteiger partial charge in [0, 0.05) is 17.7 Å². The van der Waals surface area contributed by atoms with Crippen LogP contribution in [0.5, 0.6) is 0 Å². The lowest BCUT2D eigenvalue weighted by atomic mass is 10.0. The average molecular weight is 276 g/mol. The summed E-state index contributed by atoms with van der Waals surface area (Å²) in [5.41, 5.74) is 3.76. The maximum atomic E-state index is 12.5. The summed E-state index contributed by atoms with van der Waals surface area (Å²) in [6.45, 7) is 2.54. The fourth-order valence-electron chi connectivity index (χ4n) is 2.81. The van der Waals surface area contributed by atoms with E-state index in [2.05, 4.69) is 6.07 Å². The van der Waals surface area contributed by atoms with Crippen molar-refractivity contribution in [2.24, 2.45) is 0 Å². The average Bonchev–Trinajstić information content (AvgIpc) is 2.77. The molecule has 0 saturated heterocycles. The number of benzene rings is 2. The van der Waals surface area contributed by atoms with Crippen molar-refractivity contribution in [3.63, 3.8) is 0 Å². The first kappa shape index (κ1) is 13.4. The molecule has 3 rings (SSSR count). The van der Waals surface area contributed by atoms with Crippen LogP contribution in [-0.2, 0) is 6.42 Å². The first-order valence-electron chi connectivity index (χ1n) is 7.06. The maximum absolute atomic E-state index is 12.5. The second-order valence-electron chi connectivity index (χ2n) is 5.36. The minimum absolute atomic E-state index is 0.0347. The molecule has 0 radical (unpaired) electrons. The number of aryl methyl sites for hydroxylation is 1. The molecule has 0 aliphatic carbocycles. The number of carbonyl (C=O) groups excluding carboxylic acids is 1. The molecule has 0 fully saturated rings. The van der Waals surface area contributed by atoms with Crippen LogP contribution < -0.4 is 0 Å². The van der Waals surface area contributed by atoms with E-state index >= 15 is 0 Å². The van der Waals surface area contributed by atoms with Gasteiger partial charge in [-0.25, -0.2) is 0 Å². The van der Waals surface area contributed by atoms with Gasteiger partial charge in [0.25, 0.3) is 5.91 Å². The van der Waals surface area contributed by atoms with Gasteiger partial charge in [-0.1, -0.05) is 48.0 Å². The van der Waals surface area contributed by atoms with Crippen molar-refractivity contribution >= 4 is 5.91 Å². The Morgan fingerprint density at radius 2 is 1.95 bits per heavy atom. The van der Waals surface area contributed by atoms with E-state index in [1.165, 1.54) is 5.56 Å². The molecule has 1 unspecified atom stereocenters. The van der Waals surface area contributed by atoms with E-state index in [9.17, 15) is 10.1 Å². The van der Waals surface area contributed by atoms with Crippen LogP contribution in [0, 0.1) is 18.3 Å². The van der Waals surface area contributed by atoms with Crippen molar-refractivity contribution in [3.8, 4) is 6.07 Å². The highest BCUT2D eigenvalue weighted by Crippen LogP contribution is 2.33. The molecule has 1 atom stereocenters. The highest BCUT2D eigenvalue weighted by molar-refractivity contribution is 5.99. The van der Waals surface area contributed by atoms with Crippen molar-refractivity contribution in [3.05, 3.63) is 70.8 Å². The number of nitriles is 1. The molecule has 3 heteroatoms. The zero-order valence-electron chi connectivity index (χ0n) is 11.9. The van der Waals surface area contributed by atoms with E-state index in [0.29, 0.717) is 12.1 Å². The van der Waals surface area contributed by atoms with Crippen LogP contribution in [0.15, 0.2) is 48.5 Å². The van der Waals surface area contributed by atoms with Gasteiger partial charge in [-0.2, -0.15) is 5.26 Å². The number of carbonyl (C=O) groups is 1. The van der Waals surface area contributed by atoms with Gasteiger partial charge in [0.05, 0.1) is 6.07 Å². The van der Waals surface area contributed by atoms with Gasteiger partial charge in [0.1, 0.15) is 6.04 Å². The van der Waals surface area contributed by atoms with Gasteiger partial charge in [0.2, 0.25) is 0 Å². The third-order valence-electron chi connectivity index (χ3n) is 3.91. The summed E-state index contributed by atoms with van der Waals surface area (Å²) in [6.07, 6.45) is 0.762. The Hall–Kier alpha value is -2.60. The lowest BCUT2D eigenvalue weighted by molar-refractivity contribution is 0.0759. The quantitative estimate of drug-likeness (QED) is 0.863. The van der Waals surface area contributed by atoms with Gasteiger partial charge in [-0.05, 0) is 25.0 Å². The van der Waals surface area contributed by atoms with Crippen molar-refractivity contribution in [1.29, 1.82) is 5.26 Å². The Bertz CT molecular complexity index is 716. The van der Waals surface area contributed by atoms with Crippen LogP contribution in [0.25, 0.3) is 0 Å². The van der Waals surface area contributed by atoms with Gasteiger partial charge < -0.3 is 4.90 Å². The van der Waals surface area contributed by atoms with Crippen LogP contribution >= 0.6 is 0 Å². The number of fused-ring (bicyclic) bond motifs is 1. The van der Waals surface area contributed by atoms with Gasteiger partial charge in [0.15, 0.2) is 0 Å². The largest absolute Gasteiger partial charge is 0.318 e. The standard InChI is InChI=1S/C18H16N2O/c1-13-7-8-15-16(11-13)17(12-19)20(18(15)21)10-9-14-5-3-2-4-6-14/h2-8,11,17H,9-10H2,1H3. The molecular formula is C18H16N2O. The molecule has 0 spiro atoms. The zero-order valence-corrected chi connectivity index (χ0v) is 11.9. The van der Waals surface area contributed by atoms with E-state index in [1.54, 1.807) is 4.90 Å².